The van der Waals surface area contributed by atoms with Gasteiger partial charge in [0.2, 0.25) is 5.91 Å². The molecule has 1 heterocycles. The van der Waals surface area contributed by atoms with Crippen LogP contribution in [0.3, 0.4) is 0 Å². The van der Waals surface area contributed by atoms with E-state index in [1.54, 1.807) is 0 Å². The van der Waals surface area contributed by atoms with E-state index in [4.69, 9.17) is 0 Å². The summed E-state index contributed by atoms with van der Waals surface area (Å²) in [5.74, 6) is 0.483. The molecule has 1 fully saturated rings. The van der Waals surface area contributed by atoms with Gasteiger partial charge in [-0.25, -0.2) is 0 Å². The van der Waals surface area contributed by atoms with Crippen molar-refractivity contribution >= 4 is 11.6 Å². The standard InChI is InChI=1S/C19H31N3O2/c1-15(2)21(3)13-19(24)20-18-6-4-5-17(11-18)12-22-9-7-16(14-23)8-10-22/h4-6,11,15-16,23H,7-10,12-14H2,1-3H3,(H,20,24). The largest absolute Gasteiger partial charge is 0.396 e. The Balaban J connectivity index is 1.86. The van der Waals surface area contributed by atoms with Gasteiger partial charge in [-0.2, -0.15) is 0 Å². The molecule has 1 aliphatic heterocycles. The predicted octanol–water partition coefficient (Wildman–Crippen LogP) is 2.17. The number of aliphatic hydroxyl groups is 1. The molecule has 0 radical (unpaired) electrons. The number of amides is 1. The van der Waals surface area contributed by atoms with Crippen LogP contribution in [0.25, 0.3) is 0 Å². The number of likely N-dealkylation sites (N-methyl/N-ethyl adjacent to an activating group) is 1. The number of nitrogens with zero attached hydrogens (tertiary/aromatic N) is 2. The minimum Gasteiger partial charge on any atom is -0.396 e. The molecule has 1 aromatic rings. The van der Waals surface area contributed by atoms with Gasteiger partial charge in [-0.15, -0.1) is 0 Å². The minimum atomic E-state index is 0.0205. The number of rotatable bonds is 7. The summed E-state index contributed by atoms with van der Waals surface area (Å²) in [6.07, 6.45) is 2.13. The molecule has 1 saturated heterocycles. The van der Waals surface area contributed by atoms with Crippen molar-refractivity contribution in [3.8, 4) is 0 Å². The van der Waals surface area contributed by atoms with E-state index in [2.05, 4.69) is 36.2 Å². The number of benzene rings is 1. The average Bonchev–Trinajstić information content (AvgIpc) is 2.55. The Kier molecular flexibility index (Phi) is 7.21. The number of carbonyl (C=O) groups is 1. The fourth-order valence-corrected chi connectivity index (χ4v) is 2.94. The van der Waals surface area contributed by atoms with Gasteiger partial charge < -0.3 is 10.4 Å². The molecular weight excluding hydrogens is 302 g/mol. The number of anilines is 1. The molecule has 1 aliphatic rings. The fourth-order valence-electron chi connectivity index (χ4n) is 2.94. The summed E-state index contributed by atoms with van der Waals surface area (Å²) >= 11 is 0. The second-order valence-electron chi connectivity index (χ2n) is 7.16. The number of likely N-dealkylation sites (tertiary alicyclic amines) is 1. The number of aliphatic hydroxyl groups excluding tert-OH is 1. The van der Waals surface area contributed by atoms with Gasteiger partial charge in [0.05, 0.1) is 6.54 Å². The van der Waals surface area contributed by atoms with Crippen LogP contribution in [0.4, 0.5) is 5.69 Å². The van der Waals surface area contributed by atoms with E-state index >= 15 is 0 Å². The van der Waals surface area contributed by atoms with Crippen LogP contribution in [-0.4, -0.2) is 60.1 Å². The zero-order valence-electron chi connectivity index (χ0n) is 15.2. The maximum atomic E-state index is 12.1. The van der Waals surface area contributed by atoms with Crippen molar-refractivity contribution in [2.45, 2.75) is 39.3 Å². The highest BCUT2D eigenvalue weighted by atomic mass is 16.3. The first-order chi connectivity index (χ1) is 11.5. The first-order valence-corrected chi connectivity index (χ1v) is 8.90. The van der Waals surface area contributed by atoms with Gasteiger partial charge in [-0.05, 0) is 70.4 Å². The van der Waals surface area contributed by atoms with Gasteiger partial charge in [0.1, 0.15) is 0 Å². The molecule has 5 heteroatoms. The van der Waals surface area contributed by atoms with Gasteiger partial charge >= 0.3 is 0 Å². The number of hydrogen-bond donors (Lipinski definition) is 2. The summed E-state index contributed by atoms with van der Waals surface area (Å²) in [6, 6.07) is 8.45. The molecule has 0 atom stereocenters. The maximum Gasteiger partial charge on any atom is 0.238 e. The Morgan fingerprint density at radius 1 is 1.38 bits per heavy atom. The lowest BCUT2D eigenvalue weighted by molar-refractivity contribution is -0.117. The molecule has 0 spiro atoms. The van der Waals surface area contributed by atoms with E-state index in [9.17, 15) is 9.90 Å². The van der Waals surface area contributed by atoms with E-state index in [1.807, 2.05) is 24.1 Å². The van der Waals surface area contributed by atoms with Crippen molar-refractivity contribution in [1.29, 1.82) is 0 Å². The summed E-state index contributed by atoms with van der Waals surface area (Å²) in [5.41, 5.74) is 2.08. The quantitative estimate of drug-likeness (QED) is 0.803. The molecule has 0 bridgehead atoms. The molecule has 134 valence electrons. The fraction of sp³-hybridized carbons (Fsp3) is 0.632. The molecule has 2 rings (SSSR count). The van der Waals surface area contributed by atoms with Gasteiger partial charge in [-0.1, -0.05) is 12.1 Å². The third-order valence-corrected chi connectivity index (χ3v) is 4.86. The van der Waals surface area contributed by atoms with Crippen molar-refractivity contribution in [3.63, 3.8) is 0 Å². The van der Waals surface area contributed by atoms with Crippen LogP contribution < -0.4 is 5.32 Å². The molecule has 24 heavy (non-hydrogen) atoms. The van der Waals surface area contributed by atoms with Crippen molar-refractivity contribution in [2.75, 3.05) is 38.6 Å². The smallest absolute Gasteiger partial charge is 0.238 e. The number of piperidine rings is 1. The van der Waals surface area contributed by atoms with Crippen LogP contribution in [0.2, 0.25) is 0 Å². The molecule has 0 aromatic heterocycles. The molecule has 0 unspecified atom stereocenters. The van der Waals surface area contributed by atoms with Crippen LogP contribution in [0.15, 0.2) is 24.3 Å². The topological polar surface area (TPSA) is 55.8 Å². The molecular formula is C19H31N3O2. The Morgan fingerprint density at radius 3 is 2.71 bits per heavy atom. The maximum absolute atomic E-state index is 12.1. The zero-order valence-corrected chi connectivity index (χ0v) is 15.2. The van der Waals surface area contributed by atoms with Crippen LogP contribution in [0.1, 0.15) is 32.3 Å². The lowest BCUT2D eigenvalue weighted by Gasteiger charge is -2.31. The van der Waals surface area contributed by atoms with Crippen molar-refractivity contribution < 1.29 is 9.90 Å². The third-order valence-electron chi connectivity index (χ3n) is 4.86. The highest BCUT2D eigenvalue weighted by molar-refractivity contribution is 5.92. The number of carbonyl (C=O) groups excluding carboxylic acids is 1. The Bertz CT molecular complexity index is 525. The highest BCUT2D eigenvalue weighted by Crippen LogP contribution is 2.19. The van der Waals surface area contributed by atoms with E-state index in [1.165, 1.54) is 5.56 Å². The van der Waals surface area contributed by atoms with Crippen LogP contribution in [0, 0.1) is 5.92 Å². The third kappa shape index (κ3) is 5.89. The molecule has 5 nitrogen and oxygen atoms in total. The molecule has 1 amide bonds. The normalized spacial score (nSPS) is 16.8. The first kappa shape index (κ1) is 18.9. The van der Waals surface area contributed by atoms with E-state index in [0.29, 0.717) is 25.1 Å². The summed E-state index contributed by atoms with van der Waals surface area (Å²) in [4.78, 5) is 16.5. The first-order valence-electron chi connectivity index (χ1n) is 8.90. The summed E-state index contributed by atoms with van der Waals surface area (Å²) < 4.78 is 0. The van der Waals surface area contributed by atoms with Gasteiger partial charge in [-0.3, -0.25) is 14.6 Å². The SMILES string of the molecule is CC(C)N(C)CC(=O)Nc1cccc(CN2CCC(CO)CC2)c1. The zero-order chi connectivity index (χ0) is 17.5. The molecule has 1 aromatic carbocycles. The number of hydrogen-bond acceptors (Lipinski definition) is 4. The second kappa shape index (κ2) is 9.16. The Morgan fingerprint density at radius 2 is 2.08 bits per heavy atom. The molecule has 0 aliphatic carbocycles. The summed E-state index contributed by atoms with van der Waals surface area (Å²) in [5, 5.41) is 12.2. The summed E-state index contributed by atoms with van der Waals surface area (Å²) in [7, 11) is 1.96. The molecule has 2 N–H and O–H groups in total. The van der Waals surface area contributed by atoms with Crippen LogP contribution in [-0.2, 0) is 11.3 Å². The highest BCUT2D eigenvalue weighted by Gasteiger charge is 2.18. The Labute approximate surface area is 145 Å². The van der Waals surface area contributed by atoms with Crippen LogP contribution >= 0.6 is 0 Å². The van der Waals surface area contributed by atoms with Crippen LogP contribution in [0.5, 0.6) is 0 Å². The average molecular weight is 333 g/mol. The Hall–Kier alpha value is -1.43. The van der Waals surface area contributed by atoms with E-state index in [-0.39, 0.29) is 5.91 Å². The minimum absolute atomic E-state index is 0.0205. The van der Waals surface area contributed by atoms with Crippen molar-refractivity contribution in [1.82, 2.24) is 9.80 Å². The lowest BCUT2D eigenvalue weighted by atomic mass is 9.97. The lowest BCUT2D eigenvalue weighted by Crippen LogP contribution is -2.35. The van der Waals surface area contributed by atoms with Crippen molar-refractivity contribution in [2.24, 2.45) is 5.92 Å². The van der Waals surface area contributed by atoms with Gasteiger partial charge in [0.25, 0.3) is 0 Å². The van der Waals surface area contributed by atoms with Gasteiger partial charge in [0.15, 0.2) is 0 Å². The van der Waals surface area contributed by atoms with E-state index in [0.717, 1.165) is 38.2 Å². The van der Waals surface area contributed by atoms with E-state index < -0.39 is 0 Å². The summed E-state index contributed by atoms with van der Waals surface area (Å²) in [6.45, 7) is 7.81. The second-order valence-corrected chi connectivity index (χ2v) is 7.16. The van der Waals surface area contributed by atoms with Gasteiger partial charge in [0, 0.05) is 24.9 Å². The van der Waals surface area contributed by atoms with Crippen molar-refractivity contribution in [3.05, 3.63) is 29.8 Å². The monoisotopic (exact) mass is 333 g/mol. The predicted molar refractivity (Wildman–Crippen MR) is 97.9 cm³/mol. The number of nitrogens with one attached hydrogen (secondary N) is 1. The molecule has 0 saturated carbocycles.